The number of benzene rings is 3. The molecule has 1 atom stereocenters. The lowest BCUT2D eigenvalue weighted by Gasteiger charge is -2.32. The van der Waals surface area contributed by atoms with E-state index in [2.05, 4.69) is 23.1 Å². The van der Waals surface area contributed by atoms with Crippen molar-refractivity contribution in [2.75, 3.05) is 19.6 Å². The van der Waals surface area contributed by atoms with Crippen molar-refractivity contribution in [3.8, 4) is 5.75 Å². The molecule has 3 aromatic carbocycles. The lowest BCUT2D eigenvalue weighted by atomic mass is 9.89. The molecule has 0 bridgehead atoms. The Morgan fingerprint density at radius 2 is 1.83 bits per heavy atom. The van der Waals surface area contributed by atoms with E-state index in [1.165, 1.54) is 19.4 Å². The van der Waals surface area contributed by atoms with E-state index in [4.69, 9.17) is 4.74 Å². The highest BCUT2D eigenvalue weighted by atomic mass is 16.5. The molecule has 3 heteroatoms. The Kier molecular flexibility index (Phi) is 5.54. The third-order valence-electron chi connectivity index (χ3n) is 6.45. The molecule has 154 valence electrons. The Bertz CT molecular complexity index is 1030. The molecule has 3 nitrogen and oxygen atoms in total. The van der Waals surface area contributed by atoms with Gasteiger partial charge in [-0.1, -0.05) is 48.5 Å². The lowest BCUT2D eigenvalue weighted by Crippen LogP contribution is -2.39. The van der Waals surface area contributed by atoms with E-state index in [0.717, 1.165) is 59.5 Å². The van der Waals surface area contributed by atoms with Gasteiger partial charge in [0, 0.05) is 30.0 Å². The minimum Gasteiger partial charge on any atom is -0.488 e. The van der Waals surface area contributed by atoms with Crippen molar-refractivity contribution >= 4 is 16.6 Å². The number of nitrogens with zero attached hydrogens (tertiary/aromatic N) is 1. The lowest BCUT2D eigenvalue weighted by molar-refractivity contribution is 0.0815. The fourth-order valence-electron chi connectivity index (χ4n) is 4.61. The summed E-state index contributed by atoms with van der Waals surface area (Å²) in [5.41, 5.74) is 1.98. The molecule has 0 N–H and O–H groups in total. The van der Waals surface area contributed by atoms with Crippen molar-refractivity contribution < 1.29 is 9.53 Å². The molecule has 0 spiro atoms. The molecule has 0 aromatic heterocycles. The Hall–Kier alpha value is -2.65. The maximum absolute atomic E-state index is 13.2. The van der Waals surface area contributed by atoms with Gasteiger partial charge in [-0.3, -0.25) is 4.79 Å². The number of hydrogen-bond donors (Lipinski definition) is 0. The van der Waals surface area contributed by atoms with Crippen LogP contribution in [0.5, 0.6) is 5.75 Å². The Morgan fingerprint density at radius 3 is 2.67 bits per heavy atom. The average molecular weight is 400 g/mol. The van der Waals surface area contributed by atoms with Crippen molar-refractivity contribution in [3.05, 3.63) is 77.9 Å². The molecule has 5 rings (SSSR count). The molecule has 1 saturated heterocycles. The molecule has 1 saturated carbocycles. The zero-order valence-electron chi connectivity index (χ0n) is 17.4. The largest absolute Gasteiger partial charge is 0.488 e. The van der Waals surface area contributed by atoms with E-state index >= 15 is 0 Å². The first kappa shape index (κ1) is 19.3. The second kappa shape index (κ2) is 8.61. The number of fused-ring (bicyclic) bond motifs is 1. The summed E-state index contributed by atoms with van der Waals surface area (Å²) in [6.07, 6.45) is 4.88. The van der Waals surface area contributed by atoms with E-state index < -0.39 is 0 Å². The minimum absolute atomic E-state index is 0.132. The van der Waals surface area contributed by atoms with Crippen LogP contribution in [0, 0.1) is 11.8 Å². The van der Waals surface area contributed by atoms with Gasteiger partial charge in [-0.25, -0.2) is 0 Å². The zero-order chi connectivity index (χ0) is 20.3. The number of carbonyl (C=O) groups is 1. The number of rotatable bonds is 7. The van der Waals surface area contributed by atoms with Gasteiger partial charge < -0.3 is 9.64 Å². The van der Waals surface area contributed by atoms with Crippen LogP contribution in [0.4, 0.5) is 0 Å². The third kappa shape index (κ3) is 4.41. The van der Waals surface area contributed by atoms with Crippen molar-refractivity contribution in [2.45, 2.75) is 32.3 Å². The Labute approximate surface area is 178 Å². The highest BCUT2D eigenvalue weighted by Crippen LogP contribution is 2.32. The van der Waals surface area contributed by atoms with Gasteiger partial charge in [0.2, 0.25) is 0 Å². The molecular formula is C27H29NO2. The number of ketones is 1. The van der Waals surface area contributed by atoms with E-state index in [0.29, 0.717) is 12.4 Å². The molecule has 2 aliphatic rings. The minimum atomic E-state index is 0.132. The first-order valence-corrected chi connectivity index (χ1v) is 11.2. The van der Waals surface area contributed by atoms with E-state index in [9.17, 15) is 4.79 Å². The van der Waals surface area contributed by atoms with Gasteiger partial charge in [0.25, 0.3) is 0 Å². The zero-order valence-corrected chi connectivity index (χ0v) is 17.4. The van der Waals surface area contributed by atoms with Gasteiger partial charge in [0.05, 0.1) is 0 Å². The molecule has 2 fully saturated rings. The van der Waals surface area contributed by atoms with Crippen LogP contribution in [0.2, 0.25) is 0 Å². The third-order valence-corrected chi connectivity index (χ3v) is 6.45. The molecule has 1 aliphatic heterocycles. The fraction of sp³-hybridized carbons (Fsp3) is 0.370. The van der Waals surface area contributed by atoms with E-state index in [1.54, 1.807) is 0 Å². The van der Waals surface area contributed by atoms with Gasteiger partial charge in [0.15, 0.2) is 5.78 Å². The van der Waals surface area contributed by atoms with Crippen LogP contribution in [0.3, 0.4) is 0 Å². The fourth-order valence-corrected chi connectivity index (χ4v) is 4.61. The summed E-state index contributed by atoms with van der Waals surface area (Å²) in [5, 5.41) is 2.13. The Morgan fingerprint density at radius 1 is 0.967 bits per heavy atom. The first-order chi connectivity index (χ1) is 14.8. The van der Waals surface area contributed by atoms with Crippen LogP contribution in [0.15, 0.2) is 66.7 Å². The molecule has 1 aliphatic carbocycles. The van der Waals surface area contributed by atoms with Crippen LogP contribution >= 0.6 is 0 Å². The molecule has 0 radical (unpaired) electrons. The molecule has 30 heavy (non-hydrogen) atoms. The quantitative estimate of drug-likeness (QED) is 0.476. The number of piperidine rings is 1. The van der Waals surface area contributed by atoms with Crippen molar-refractivity contribution in [3.63, 3.8) is 0 Å². The predicted octanol–water partition coefficient (Wildman–Crippen LogP) is 5.72. The Balaban J connectivity index is 1.31. The summed E-state index contributed by atoms with van der Waals surface area (Å²) in [4.78, 5) is 15.7. The van der Waals surface area contributed by atoms with Crippen LogP contribution in [0.1, 0.15) is 41.6 Å². The van der Waals surface area contributed by atoms with Crippen LogP contribution in [-0.2, 0) is 6.61 Å². The highest BCUT2D eigenvalue weighted by molar-refractivity contribution is 6.02. The first-order valence-electron chi connectivity index (χ1n) is 11.2. The number of Topliss-reactive ketones (excluding diaryl/α,β-unsaturated/α-hetero) is 1. The molecule has 3 aromatic rings. The van der Waals surface area contributed by atoms with Gasteiger partial charge in [0.1, 0.15) is 12.4 Å². The van der Waals surface area contributed by atoms with Gasteiger partial charge in [-0.2, -0.15) is 0 Å². The number of ether oxygens (including phenoxy) is 1. The summed E-state index contributed by atoms with van der Waals surface area (Å²) < 4.78 is 6.09. The van der Waals surface area contributed by atoms with Crippen LogP contribution < -0.4 is 4.74 Å². The number of hydrogen-bond acceptors (Lipinski definition) is 3. The predicted molar refractivity (Wildman–Crippen MR) is 121 cm³/mol. The van der Waals surface area contributed by atoms with Crippen molar-refractivity contribution in [1.82, 2.24) is 4.90 Å². The molecular weight excluding hydrogens is 370 g/mol. The average Bonchev–Trinajstić information content (AvgIpc) is 3.61. The summed E-state index contributed by atoms with van der Waals surface area (Å²) in [7, 11) is 0. The topological polar surface area (TPSA) is 29.5 Å². The number of carbonyl (C=O) groups excluding carboxylic acids is 1. The van der Waals surface area contributed by atoms with Crippen LogP contribution in [0.25, 0.3) is 10.8 Å². The molecule has 0 amide bonds. The van der Waals surface area contributed by atoms with E-state index in [-0.39, 0.29) is 5.92 Å². The normalized spacial score (nSPS) is 19.7. The van der Waals surface area contributed by atoms with Gasteiger partial charge in [-0.05, 0) is 67.3 Å². The van der Waals surface area contributed by atoms with Crippen molar-refractivity contribution in [2.24, 2.45) is 11.8 Å². The summed E-state index contributed by atoms with van der Waals surface area (Å²) in [6, 6.07) is 22.4. The second-order valence-corrected chi connectivity index (χ2v) is 8.87. The van der Waals surface area contributed by atoms with Gasteiger partial charge >= 0.3 is 0 Å². The highest BCUT2D eigenvalue weighted by Gasteiger charge is 2.30. The second-order valence-electron chi connectivity index (χ2n) is 8.87. The summed E-state index contributed by atoms with van der Waals surface area (Å²) >= 11 is 0. The number of likely N-dealkylation sites (tertiary alicyclic amines) is 1. The van der Waals surface area contributed by atoms with Crippen LogP contribution in [-0.4, -0.2) is 30.3 Å². The SMILES string of the molecule is O=C(c1ccc2c(OCc3ccccc3)cccc2c1)C1CCCN(CC2CC2)C1. The van der Waals surface area contributed by atoms with Gasteiger partial charge in [-0.15, -0.1) is 0 Å². The standard InChI is InChI=1S/C27H29NO2/c29-27(24-9-5-15-28(18-24)17-20-11-12-20)23-13-14-25-22(16-23)8-4-10-26(25)30-19-21-6-2-1-3-7-21/h1-4,6-8,10,13-14,16,20,24H,5,9,11-12,15,17-19H2. The maximum atomic E-state index is 13.2. The smallest absolute Gasteiger partial charge is 0.167 e. The maximum Gasteiger partial charge on any atom is 0.167 e. The molecule has 1 unspecified atom stereocenters. The van der Waals surface area contributed by atoms with Crippen molar-refractivity contribution in [1.29, 1.82) is 0 Å². The summed E-state index contributed by atoms with van der Waals surface area (Å²) in [5.74, 6) is 2.18. The van der Waals surface area contributed by atoms with E-state index in [1.807, 2.05) is 48.5 Å². The molecule has 1 heterocycles. The monoisotopic (exact) mass is 399 g/mol. The summed E-state index contributed by atoms with van der Waals surface area (Å²) in [6.45, 7) is 3.80.